The van der Waals surface area contributed by atoms with Crippen LogP contribution in [0.3, 0.4) is 0 Å². The molecule has 0 aliphatic carbocycles. The third kappa shape index (κ3) is 24.3. The van der Waals surface area contributed by atoms with Crippen LogP contribution in [0.4, 0.5) is 23.3 Å². The minimum absolute atomic E-state index is 0.566. The molecule has 4 aromatic rings. The smallest absolute Gasteiger partial charge is 0.232 e. The SMILES string of the molecule is CCCCCCSc1cc(Nc2nc(Nc3cc(SCCCCCC)c(SCCCCCC)c(SCCCCCC)c3)nc(-c3ccc(C)cc3)n2)cc(SCCCCCC)c1SCCCCCC. The van der Waals surface area contributed by atoms with Crippen LogP contribution in [-0.4, -0.2) is 49.5 Å². The number of nitrogens with one attached hydrogen (secondary N) is 2. The van der Waals surface area contributed by atoms with Gasteiger partial charge in [0.1, 0.15) is 0 Å². The van der Waals surface area contributed by atoms with Gasteiger partial charge >= 0.3 is 0 Å². The zero-order chi connectivity index (χ0) is 49.2. The summed E-state index contributed by atoms with van der Waals surface area (Å²) in [5.74, 6) is 8.68. The Morgan fingerprint density at radius 2 is 0.638 bits per heavy atom. The predicted molar refractivity (Wildman–Crippen MR) is 319 cm³/mol. The van der Waals surface area contributed by atoms with Gasteiger partial charge in [0.15, 0.2) is 5.82 Å². The lowest BCUT2D eigenvalue weighted by Gasteiger charge is -2.18. The van der Waals surface area contributed by atoms with Gasteiger partial charge in [-0.15, -0.1) is 70.6 Å². The third-order valence-corrected chi connectivity index (χ3v) is 19.5. The standard InChI is InChI=1S/C58H91N5S6/c1-8-14-20-26-36-64-50-42-48(43-51(65-37-27-21-15-9-2)54(50)68-40-30-24-18-12-5)59-57-61-56(47-34-32-46(7)33-35-47)62-58(63-57)60-49-44-52(66-38-28-22-16-10-3)55(69-41-31-25-19-13-6)53(45-49)67-39-29-23-17-11-4/h32-35,42-45H,8-31,36-41H2,1-7H3,(H2,59,60,61,62,63). The highest BCUT2D eigenvalue weighted by Gasteiger charge is 2.18. The molecule has 0 saturated heterocycles. The van der Waals surface area contributed by atoms with Gasteiger partial charge in [-0.2, -0.15) is 15.0 Å². The van der Waals surface area contributed by atoms with Crippen LogP contribution < -0.4 is 10.6 Å². The molecule has 0 unspecified atom stereocenters. The highest BCUT2D eigenvalue weighted by molar-refractivity contribution is 8.04. The number of aromatic nitrogens is 3. The molecule has 0 saturated carbocycles. The van der Waals surface area contributed by atoms with Crippen molar-refractivity contribution in [1.82, 2.24) is 15.0 Å². The largest absolute Gasteiger partial charge is 0.324 e. The van der Waals surface area contributed by atoms with E-state index in [1.807, 2.05) is 47.0 Å². The van der Waals surface area contributed by atoms with Crippen LogP contribution in [-0.2, 0) is 0 Å². The first kappa shape index (κ1) is 59.9. The van der Waals surface area contributed by atoms with Crippen molar-refractivity contribution in [3.63, 3.8) is 0 Å². The zero-order valence-electron chi connectivity index (χ0n) is 44.1. The van der Waals surface area contributed by atoms with Gasteiger partial charge in [-0.05, 0) is 104 Å². The van der Waals surface area contributed by atoms with E-state index >= 15 is 0 Å². The molecule has 5 nitrogen and oxygen atoms in total. The molecule has 1 heterocycles. The average molecular weight is 1050 g/mol. The van der Waals surface area contributed by atoms with E-state index in [0.717, 1.165) is 39.9 Å². The molecule has 4 rings (SSSR count). The Hall–Kier alpha value is -1.63. The number of rotatable bonds is 41. The van der Waals surface area contributed by atoms with E-state index in [4.69, 9.17) is 15.0 Å². The van der Waals surface area contributed by atoms with E-state index in [0.29, 0.717) is 17.7 Å². The fourth-order valence-corrected chi connectivity index (χ4v) is 15.4. The lowest BCUT2D eigenvalue weighted by Crippen LogP contribution is -2.06. The van der Waals surface area contributed by atoms with E-state index in [1.165, 1.54) is 201 Å². The summed E-state index contributed by atoms with van der Waals surface area (Å²) < 4.78 is 0. The van der Waals surface area contributed by atoms with Gasteiger partial charge in [-0.3, -0.25) is 0 Å². The minimum Gasteiger partial charge on any atom is -0.324 e. The van der Waals surface area contributed by atoms with Crippen LogP contribution in [0.1, 0.15) is 201 Å². The number of hydrogen-bond acceptors (Lipinski definition) is 11. The van der Waals surface area contributed by atoms with Crippen LogP contribution >= 0.6 is 70.6 Å². The molecular weight excluding hydrogens is 959 g/mol. The van der Waals surface area contributed by atoms with E-state index in [1.54, 1.807) is 0 Å². The van der Waals surface area contributed by atoms with Gasteiger partial charge < -0.3 is 10.6 Å². The molecule has 69 heavy (non-hydrogen) atoms. The molecule has 1 aromatic heterocycles. The number of hydrogen-bond donors (Lipinski definition) is 2. The molecular formula is C58H91N5S6. The summed E-state index contributed by atoms with van der Waals surface area (Å²) in [6.45, 7) is 16.0. The number of benzene rings is 3. The second-order valence-corrected chi connectivity index (χ2v) is 25.2. The monoisotopic (exact) mass is 1050 g/mol. The molecule has 384 valence electrons. The van der Waals surface area contributed by atoms with Crippen LogP contribution in [0, 0.1) is 6.92 Å². The van der Waals surface area contributed by atoms with Crippen molar-refractivity contribution in [3.05, 3.63) is 54.1 Å². The fourth-order valence-electron chi connectivity index (χ4n) is 7.84. The summed E-state index contributed by atoms with van der Waals surface area (Å²) in [5.41, 5.74) is 4.30. The number of aryl methyl sites for hydroxylation is 1. The summed E-state index contributed by atoms with van der Waals surface area (Å²) in [6, 6.07) is 18.1. The van der Waals surface area contributed by atoms with E-state index in [9.17, 15) is 0 Å². The summed E-state index contributed by atoms with van der Waals surface area (Å²) in [5, 5.41) is 7.55. The molecule has 0 aliphatic rings. The quantitative estimate of drug-likeness (QED) is 0.0330. The molecule has 2 N–H and O–H groups in total. The summed E-state index contributed by atoms with van der Waals surface area (Å²) >= 11 is 12.3. The van der Waals surface area contributed by atoms with Crippen LogP contribution in [0.25, 0.3) is 11.4 Å². The van der Waals surface area contributed by atoms with Gasteiger partial charge in [0, 0.05) is 46.3 Å². The van der Waals surface area contributed by atoms with Crippen LogP contribution in [0.5, 0.6) is 0 Å². The maximum atomic E-state index is 5.19. The maximum absolute atomic E-state index is 5.19. The summed E-state index contributed by atoms with van der Waals surface area (Å²) in [6.07, 6.45) is 30.7. The Balaban J connectivity index is 1.78. The van der Waals surface area contributed by atoms with E-state index in [2.05, 4.69) is 131 Å². The molecule has 0 spiro atoms. The maximum Gasteiger partial charge on any atom is 0.232 e. The third-order valence-electron chi connectivity index (χ3n) is 12.0. The van der Waals surface area contributed by atoms with Gasteiger partial charge in [0.2, 0.25) is 11.9 Å². The Morgan fingerprint density at radius 3 is 0.928 bits per heavy atom. The highest BCUT2D eigenvalue weighted by Crippen LogP contribution is 2.44. The number of unbranched alkanes of at least 4 members (excludes halogenated alkanes) is 18. The topological polar surface area (TPSA) is 62.7 Å². The summed E-state index contributed by atoms with van der Waals surface area (Å²) in [7, 11) is 0. The lowest BCUT2D eigenvalue weighted by molar-refractivity contribution is 0.705. The Kier molecular flexibility index (Phi) is 33.0. The van der Waals surface area contributed by atoms with Crippen LogP contribution in [0.15, 0.2) is 77.9 Å². The van der Waals surface area contributed by atoms with Crippen molar-refractivity contribution >= 4 is 93.8 Å². The molecule has 0 aliphatic heterocycles. The van der Waals surface area contributed by atoms with E-state index in [-0.39, 0.29) is 0 Å². The van der Waals surface area contributed by atoms with Crippen molar-refractivity contribution in [2.75, 3.05) is 45.2 Å². The Morgan fingerprint density at radius 1 is 0.348 bits per heavy atom. The van der Waals surface area contributed by atoms with Crippen molar-refractivity contribution in [2.45, 2.75) is 232 Å². The zero-order valence-corrected chi connectivity index (χ0v) is 49.0. The molecule has 3 aromatic carbocycles. The molecule has 0 atom stereocenters. The molecule has 0 bridgehead atoms. The first-order valence-electron chi connectivity index (χ1n) is 27.4. The normalized spacial score (nSPS) is 11.5. The van der Waals surface area contributed by atoms with Gasteiger partial charge in [-0.25, -0.2) is 0 Å². The first-order chi connectivity index (χ1) is 33.9. The van der Waals surface area contributed by atoms with Crippen molar-refractivity contribution in [2.24, 2.45) is 0 Å². The van der Waals surface area contributed by atoms with Crippen molar-refractivity contribution in [3.8, 4) is 11.4 Å². The van der Waals surface area contributed by atoms with E-state index < -0.39 is 0 Å². The second-order valence-electron chi connectivity index (χ2n) is 18.5. The fraction of sp³-hybridized carbons (Fsp3) is 0.638. The molecule has 0 radical (unpaired) electrons. The molecule has 0 fully saturated rings. The minimum atomic E-state index is 0.566. The number of anilines is 4. The van der Waals surface area contributed by atoms with Crippen molar-refractivity contribution < 1.29 is 0 Å². The number of nitrogens with zero attached hydrogens (tertiary/aromatic N) is 3. The van der Waals surface area contributed by atoms with Crippen molar-refractivity contribution in [1.29, 1.82) is 0 Å². The first-order valence-corrected chi connectivity index (χ1v) is 33.3. The van der Waals surface area contributed by atoms with Gasteiger partial charge in [-0.1, -0.05) is 187 Å². The van der Waals surface area contributed by atoms with Gasteiger partial charge in [0.05, 0.1) is 0 Å². The van der Waals surface area contributed by atoms with Gasteiger partial charge in [0.25, 0.3) is 0 Å². The summed E-state index contributed by atoms with van der Waals surface area (Å²) in [4.78, 5) is 24.0. The highest BCUT2D eigenvalue weighted by atomic mass is 32.2. The average Bonchev–Trinajstić information content (AvgIpc) is 3.34. The number of thioether (sulfide) groups is 6. The Labute approximate surface area is 448 Å². The van der Waals surface area contributed by atoms with Crippen LogP contribution in [0.2, 0.25) is 0 Å². The Bertz CT molecular complexity index is 1780. The second kappa shape index (κ2) is 38.0. The lowest BCUT2D eigenvalue weighted by atomic mass is 10.1. The molecule has 11 heteroatoms. The predicted octanol–water partition coefficient (Wildman–Crippen LogP) is 21.4. The molecule has 0 amide bonds.